The van der Waals surface area contributed by atoms with Crippen LogP contribution in [0, 0.1) is 0 Å². The molecule has 1 aliphatic carbocycles. The molecule has 1 aromatic heterocycles. The minimum absolute atomic E-state index is 0.530. The standard InChI is InChI=1S/C19H16O/c1-13-6-5-9-18-19(13)16-12-15(10-11-17(16)20-18)14-7-3-2-4-8-14/h2-5,7-13H,6H2,1H3. The van der Waals surface area contributed by atoms with Crippen LogP contribution in [0.2, 0.25) is 0 Å². The first-order valence-corrected chi connectivity index (χ1v) is 7.11. The Morgan fingerprint density at radius 1 is 1.00 bits per heavy atom. The van der Waals surface area contributed by atoms with Crippen LogP contribution in [-0.2, 0) is 0 Å². The molecule has 98 valence electrons. The van der Waals surface area contributed by atoms with Gasteiger partial charge in [0.05, 0.1) is 0 Å². The van der Waals surface area contributed by atoms with Crippen molar-refractivity contribution in [2.75, 3.05) is 0 Å². The van der Waals surface area contributed by atoms with Crippen LogP contribution in [-0.4, -0.2) is 0 Å². The lowest BCUT2D eigenvalue weighted by atomic mass is 9.90. The number of allylic oxidation sites excluding steroid dienone is 1. The van der Waals surface area contributed by atoms with Crippen LogP contribution >= 0.6 is 0 Å². The van der Waals surface area contributed by atoms with Crippen molar-refractivity contribution >= 4 is 17.0 Å². The normalized spacial score (nSPS) is 17.4. The van der Waals surface area contributed by atoms with Gasteiger partial charge < -0.3 is 4.42 Å². The second-order valence-electron chi connectivity index (χ2n) is 5.50. The quantitative estimate of drug-likeness (QED) is 0.553. The zero-order valence-electron chi connectivity index (χ0n) is 11.5. The first-order chi connectivity index (χ1) is 9.83. The zero-order valence-corrected chi connectivity index (χ0v) is 11.5. The molecule has 2 aromatic carbocycles. The van der Waals surface area contributed by atoms with E-state index in [-0.39, 0.29) is 0 Å². The molecule has 0 N–H and O–H groups in total. The predicted octanol–water partition coefficient (Wildman–Crippen LogP) is 5.62. The molecular weight excluding hydrogens is 244 g/mol. The largest absolute Gasteiger partial charge is 0.456 e. The molecule has 20 heavy (non-hydrogen) atoms. The van der Waals surface area contributed by atoms with Gasteiger partial charge in [-0.05, 0) is 41.7 Å². The van der Waals surface area contributed by atoms with E-state index >= 15 is 0 Å². The average Bonchev–Trinajstić information content (AvgIpc) is 2.87. The van der Waals surface area contributed by atoms with E-state index in [0.717, 1.165) is 17.8 Å². The third-order valence-electron chi connectivity index (χ3n) is 4.11. The van der Waals surface area contributed by atoms with Crippen LogP contribution in [0.3, 0.4) is 0 Å². The van der Waals surface area contributed by atoms with Crippen molar-refractivity contribution in [1.82, 2.24) is 0 Å². The molecule has 1 aliphatic rings. The van der Waals surface area contributed by atoms with Gasteiger partial charge in [0.25, 0.3) is 0 Å². The van der Waals surface area contributed by atoms with Crippen LogP contribution in [0.5, 0.6) is 0 Å². The van der Waals surface area contributed by atoms with Gasteiger partial charge in [0, 0.05) is 10.9 Å². The van der Waals surface area contributed by atoms with E-state index in [4.69, 9.17) is 4.42 Å². The summed E-state index contributed by atoms with van der Waals surface area (Å²) in [6.45, 7) is 2.27. The first kappa shape index (κ1) is 11.5. The Balaban J connectivity index is 1.95. The number of hydrogen-bond donors (Lipinski definition) is 0. The molecule has 0 bridgehead atoms. The highest BCUT2D eigenvalue weighted by molar-refractivity contribution is 5.90. The van der Waals surface area contributed by atoms with Crippen molar-refractivity contribution < 1.29 is 4.42 Å². The Bertz CT molecular complexity index is 793. The van der Waals surface area contributed by atoms with Crippen LogP contribution in [0.25, 0.3) is 28.2 Å². The summed E-state index contributed by atoms with van der Waals surface area (Å²) in [5.41, 5.74) is 4.86. The summed E-state index contributed by atoms with van der Waals surface area (Å²) in [5, 5.41) is 1.26. The van der Waals surface area contributed by atoms with Crippen molar-refractivity contribution in [2.24, 2.45) is 0 Å². The first-order valence-electron chi connectivity index (χ1n) is 7.11. The summed E-state index contributed by atoms with van der Waals surface area (Å²) >= 11 is 0. The fourth-order valence-electron chi connectivity index (χ4n) is 3.07. The second-order valence-corrected chi connectivity index (χ2v) is 5.50. The molecule has 0 amide bonds. The maximum atomic E-state index is 5.96. The van der Waals surface area contributed by atoms with Crippen molar-refractivity contribution in [3.8, 4) is 11.1 Å². The number of fused-ring (bicyclic) bond motifs is 3. The minimum atomic E-state index is 0.530. The van der Waals surface area contributed by atoms with E-state index in [9.17, 15) is 0 Å². The molecule has 1 atom stereocenters. The minimum Gasteiger partial charge on any atom is -0.456 e. The van der Waals surface area contributed by atoms with Crippen LogP contribution in [0.15, 0.2) is 59.0 Å². The van der Waals surface area contributed by atoms with E-state index in [2.05, 4.69) is 67.6 Å². The summed E-state index contributed by atoms with van der Waals surface area (Å²) in [6, 6.07) is 17.0. The molecule has 0 saturated heterocycles. The molecule has 1 nitrogen and oxygen atoms in total. The summed E-state index contributed by atoms with van der Waals surface area (Å²) in [7, 11) is 0. The lowest BCUT2D eigenvalue weighted by molar-refractivity contribution is 0.586. The van der Waals surface area contributed by atoms with Gasteiger partial charge >= 0.3 is 0 Å². The van der Waals surface area contributed by atoms with Gasteiger partial charge in [-0.1, -0.05) is 49.4 Å². The Labute approximate surface area is 118 Å². The average molecular weight is 260 g/mol. The molecule has 0 aliphatic heterocycles. The Morgan fingerprint density at radius 3 is 2.70 bits per heavy atom. The smallest absolute Gasteiger partial charge is 0.135 e. The van der Waals surface area contributed by atoms with E-state index in [1.54, 1.807) is 0 Å². The summed E-state index contributed by atoms with van der Waals surface area (Å²) < 4.78 is 5.96. The topological polar surface area (TPSA) is 13.1 Å². The fraction of sp³-hybridized carbons (Fsp3) is 0.158. The third-order valence-corrected chi connectivity index (χ3v) is 4.11. The lowest BCUT2D eigenvalue weighted by Crippen LogP contribution is -1.96. The van der Waals surface area contributed by atoms with E-state index < -0.39 is 0 Å². The van der Waals surface area contributed by atoms with Gasteiger partial charge in [-0.25, -0.2) is 0 Å². The zero-order chi connectivity index (χ0) is 13.5. The molecule has 1 heteroatoms. The van der Waals surface area contributed by atoms with Crippen molar-refractivity contribution in [2.45, 2.75) is 19.3 Å². The van der Waals surface area contributed by atoms with E-state index in [0.29, 0.717) is 5.92 Å². The maximum Gasteiger partial charge on any atom is 0.135 e. The van der Waals surface area contributed by atoms with Crippen LogP contribution in [0.1, 0.15) is 30.6 Å². The molecule has 1 unspecified atom stereocenters. The lowest BCUT2D eigenvalue weighted by Gasteiger charge is -2.12. The van der Waals surface area contributed by atoms with Crippen molar-refractivity contribution in [3.05, 3.63) is 65.9 Å². The summed E-state index contributed by atoms with van der Waals surface area (Å²) in [4.78, 5) is 0. The van der Waals surface area contributed by atoms with Gasteiger partial charge in [-0.3, -0.25) is 0 Å². The maximum absolute atomic E-state index is 5.96. The van der Waals surface area contributed by atoms with Gasteiger partial charge in [-0.15, -0.1) is 0 Å². The molecule has 3 aromatic rings. The molecule has 0 spiro atoms. The van der Waals surface area contributed by atoms with Gasteiger partial charge in [-0.2, -0.15) is 0 Å². The molecule has 1 heterocycles. The van der Waals surface area contributed by atoms with Crippen molar-refractivity contribution in [1.29, 1.82) is 0 Å². The number of benzene rings is 2. The number of hydrogen-bond acceptors (Lipinski definition) is 1. The van der Waals surface area contributed by atoms with Crippen LogP contribution in [0.4, 0.5) is 0 Å². The monoisotopic (exact) mass is 260 g/mol. The molecule has 0 fully saturated rings. The Hall–Kier alpha value is -2.28. The van der Waals surface area contributed by atoms with Crippen LogP contribution < -0.4 is 0 Å². The molecule has 0 radical (unpaired) electrons. The highest BCUT2D eigenvalue weighted by Gasteiger charge is 2.20. The Kier molecular flexibility index (Phi) is 2.53. The van der Waals surface area contributed by atoms with E-state index in [1.165, 1.54) is 22.1 Å². The fourth-order valence-corrected chi connectivity index (χ4v) is 3.07. The SMILES string of the molecule is CC1CC=Cc2oc3ccc(-c4ccccc4)cc3c21. The number of furan rings is 1. The third kappa shape index (κ3) is 1.70. The molecule has 0 saturated carbocycles. The highest BCUT2D eigenvalue weighted by atomic mass is 16.3. The predicted molar refractivity (Wildman–Crippen MR) is 83.7 cm³/mol. The van der Waals surface area contributed by atoms with Gasteiger partial charge in [0.1, 0.15) is 11.3 Å². The highest BCUT2D eigenvalue weighted by Crippen LogP contribution is 2.39. The molecular formula is C19H16O. The van der Waals surface area contributed by atoms with Gasteiger partial charge in [0.2, 0.25) is 0 Å². The summed E-state index contributed by atoms with van der Waals surface area (Å²) in [5.74, 6) is 1.56. The second kappa shape index (κ2) is 4.38. The van der Waals surface area contributed by atoms with Gasteiger partial charge in [0.15, 0.2) is 0 Å². The summed E-state index contributed by atoms with van der Waals surface area (Å²) in [6.07, 6.45) is 5.40. The number of rotatable bonds is 1. The molecule has 4 rings (SSSR count). The Morgan fingerprint density at radius 2 is 1.85 bits per heavy atom. The van der Waals surface area contributed by atoms with Crippen molar-refractivity contribution in [3.63, 3.8) is 0 Å². The van der Waals surface area contributed by atoms with E-state index in [1.807, 2.05) is 0 Å².